The van der Waals surface area contributed by atoms with Crippen LogP contribution in [0.15, 0.2) is 42.7 Å². The molecular formula is C30H43N7O. The third kappa shape index (κ3) is 6.18. The first-order valence-corrected chi connectivity index (χ1v) is 14.4. The predicted octanol–water partition coefficient (Wildman–Crippen LogP) is 4.18. The molecule has 1 N–H and O–H groups in total. The van der Waals surface area contributed by atoms with Crippen molar-refractivity contribution in [3.05, 3.63) is 54.0 Å². The number of nitrogens with zero attached hydrogens (tertiary/aromatic N) is 6. The molecule has 4 heterocycles. The number of amides is 1. The normalized spacial score (nSPS) is 18.3. The molecule has 1 aromatic carbocycles. The number of anilines is 1. The van der Waals surface area contributed by atoms with E-state index >= 15 is 0 Å². The van der Waals surface area contributed by atoms with Crippen LogP contribution in [0, 0.1) is 6.92 Å². The Morgan fingerprint density at radius 1 is 1.00 bits per heavy atom. The van der Waals surface area contributed by atoms with Crippen molar-refractivity contribution in [2.24, 2.45) is 0 Å². The number of likely N-dealkylation sites (tertiary alicyclic amines) is 1. The van der Waals surface area contributed by atoms with Crippen LogP contribution in [-0.4, -0.2) is 82.8 Å². The molecule has 0 saturated carbocycles. The van der Waals surface area contributed by atoms with E-state index in [1.54, 1.807) is 0 Å². The highest BCUT2D eigenvalue weighted by Crippen LogP contribution is 2.31. The summed E-state index contributed by atoms with van der Waals surface area (Å²) in [5, 5.41) is 9.28. The highest BCUT2D eigenvalue weighted by Gasteiger charge is 2.28. The Kier molecular flexibility index (Phi) is 8.59. The van der Waals surface area contributed by atoms with Crippen molar-refractivity contribution >= 4 is 22.5 Å². The molecule has 5 rings (SSSR count). The summed E-state index contributed by atoms with van der Waals surface area (Å²) in [7, 11) is 0. The minimum absolute atomic E-state index is 0.0338. The lowest BCUT2D eigenvalue weighted by molar-refractivity contribution is -0.122. The summed E-state index contributed by atoms with van der Waals surface area (Å²) >= 11 is 0. The number of pyridine rings is 1. The van der Waals surface area contributed by atoms with Gasteiger partial charge >= 0.3 is 0 Å². The van der Waals surface area contributed by atoms with Gasteiger partial charge < -0.3 is 15.1 Å². The first-order chi connectivity index (χ1) is 18.5. The van der Waals surface area contributed by atoms with E-state index in [0.29, 0.717) is 19.0 Å². The number of aryl methyl sites for hydroxylation is 1. The Morgan fingerprint density at radius 2 is 1.84 bits per heavy atom. The minimum atomic E-state index is -0.0338. The van der Waals surface area contributed by atoms with Crippen LogP contribution in [0.5, 0.6) is 0 Å². The van der Waals surface area contributed by atoms with Crippen LogP contribution in [0.4, 0.5) is 5.69 Å². The van der Waals surface area contributed by atoms with Gasteiger partial charge in [-0.05, 0) is 70.8 Å². The van der Waals surface area contributed by atoms with Crippen LogP contribution in [0.1, 0.15) is 62.9 Å². The van der Waals surface area contributed by atoms with Gasteiger partial charge in [0.25, 0.3) is 0 Å². The summed E-state index contributed by atoms with van der Waals surface area (Å²) in [6.07, 6.45) is 7.95. The van der Waals surface area contributed by atoms with Gasteiger partial charge in [0.1, 0.15) is 0 Å². The third-order valence-electron chi connectivity index (χ3n) is 8.06. The van der Waals surface area contributed by atoms with E-state index in [1.165, 1.54) is 29.5 Å². The molecule has 1 atom stereocenters. The zero-order valence-electron chi connectivity index (χ0n) is 23.3. The van der Waals surface area contributed by atoms with Crippen LogP contribution in [0.25, 0.3) is 10.9 Å². The molecule has 2 fully saturated rings. The summed E-state index contributed by atoms with van der Waals surface area (Å²) in [6, 6.07) is 10.9. The molecule has 1 amide bonds. The third-order valence-corrected chi connectivity index (χ3v) is 8.06. The number of carbonyl (C=O) groups excluding carboxylic acids is 1. The van der Waals surface area contributed by atoms with E-state index in [9.17, 15) is 4.79 Å². The highest BCUT2D eigenvalue weighted by atomic mass is 16.1. The average Bonchev–Trinajstić information content (AvgIpc) is 3.56. The van der Waals surface area contributed by atoms with Gasteiger partial charge in [0.2, 0.25) is 5.91 Å². The van der Waals surface area contributed by atoms with Gasteiger partial charge in [0.15, 0.2) is 0 Å². The number of rotatable bonds is 9. The predicted molar refractivity (Wildman–Crippen MR) is 154 cm³/mol. The van der Waals surface area contributed by atoms with E-state index in [-0.39, 0.29) is 11.9 Å². The molecule has 8 heteroatoms. The number of carbonyl (C=O) groups is 1. The van der Waals surface area contributed by atoms with Crippen molar-refractivity contribution in [2.45, 2.75) is 58.5 Å². The number of benzene rings is 1. The van der Waals surface area contributed by atoms with Crippen molar-refractivity contribution in [2.75, 3.05) is 57.3 Å². The molecule has 38 heavy (non-hydrogen) atoms. The van der Waals surface area contributed by atoms with Crippen LogP contribution in [0.2, 0.25) is 0 Å². The maximum atomic E-state index is 13.1. The fraction of sp³-hybridized carbons (Fsp3) is 0.567. The smallest absolute Gasteiger partial charge is 0.222 e. The standard InChI is InChI=1S/C30H43N7O/c1-23(2)37-18-11-26(33-37)27(22-28(38)31-13-19-34-14-4-5-15-34)35-16-7-17-36(21-20-35)30-24(3)9-10-25-8-6-12-32-29(25)30/h6,8-12,18,23,27H,4-5,7,13-17,19-22H2,1-3H3,(H,31,38). The largest absolute Gasteiger partial charge is 0.368 e. The average molecular weight is 518 g/mol. The number of aromatic nitrogens is 3. The molecule has 1 unspecified atom stereocenters. The molecule has 3 aromatic rings. The first kappa shape index (κ1) is 26.6. The molecule has 204 valence electrons. The monoisotopic (exact) mass is 517 g/mol. The molecule has 2 saturated heterocycles. The summed E-state index contributed by atoms with van der Waals surface area (Å²) in [4.78, 5) is 25.3. The van der Waals surface area contributed by atoms with E-state index in [0.717, 1.165) is 63.4 Å². The molecule has 0 radical (unpaired) electrons. The molecule has 2 aliphatic heterocycles. The van der Waals surface area contributed by atoms with Crippen molar-refractivity contribution in [3.63, 3.8) is 0 Å². The van der Waals surface area contributed by atoms with E-state index in [4.69, 9.17) is 10.1 Å². The van der Waals surface area contributed by atoms with E-state index in [2.05, 4.69) is 65.1 Å². The number of nitrogens with one attached hydrogen (secondary N) is 1. The van der Waals surface area contributed by atoms with Gasteiger partial charge in [-0.3, -0.25) is 19.4 Å². The molecule has 0 spiro atoms. The van der Waals surface area contributed by atoms with Gasteiger partial charge in [-0.15, -0.1) is 0 Å². The van der Waals surface area contributed by atoms with E-state index in [1.807, 2.05) is 23.1 Å². The minimum Gasteiger partial charge on any atom is -0.368 e. The lowest BCUT2D eigenvalue weighted by atomic mass is 10.1. The quantitative estimate of drug-likeness (QED) is 0.459. The molecule has 2 aliphatic rings. The second-order valence-corrected chi connectivity index (χ2v) is 11.1. The molecule has 0 aliphatic carbocycles. The lowest BCUT2D eigenvalue weighted by Gasteiger charge is -2.30. The second kappa shape index (κ2) is 12.3. The topological polar surface area (TPSA) is 69.5 Å². The fourth-order valence-corrected chi connectivity index (χ4v) is 5.95. The zero-order valence-corrected chi connectivity index (χ0v) is 23.3. The maximum absolute atomic E-state index is 13.1. The Hall–Kier alpha value is -2.97. The Balaban J connectivity index is 1.30. The van der Waals surface area contributed by atoms with Gasteiger partial charge in [-0.25, -0.2) is 0 Å². The van der Waals surface area contributed by atoms with Gasteiger partial charge in [-0.1, -0.05) is 18.2 Å². The van der Waals surface area contributed by atoms with Crippen LogP contribution in [0.3, 0.4) is 0 Å². The van der Waals surface area contributed by atoms with Crippen molar-refractivity contribution in [3.8, 4) is 0 Å². The number of fused-ring (bicyclic) bond motifs is 1. The maximum Gasteiger partial charge on any atom is 0.222 e. The summed E-state index contributed by atoms with van der Waals surface area (Å²) < 4.78 is 2.00. The van der Waals surface area contributed by atoms with Gasteiger partial charge in [0, 0.05) is 69.5 Å². The summed E-state index contributed by atoms with van der Waals surface area (Å²) in [5.74, 6) is 0.114. The van der Waals surface area contributed by atoms with Crippen molar-refractivity contribution < 1.29 is 4.79 Å². The van der Waals surface area contributed by atoms with Gasteiger partial charge in [-0.2, -0.15) is 5.10 Å². The summed E-state index contributed by atoms with van der Waals surface area (Å²) in [6.45, 7) is 14.1. The molecule has 0 bridgehead atoms. The summed E-state index contributed by atoms with van der Waals surface area (Å²) in [5.41, 5.74) is 4.56. The lowest BCUT2D eigenvalue weighted by Crippen LogP contribution is -2.38. The Labute approximate surface area is 227 Å². The number of hydrogen-bond acceptors (Lipinski definition) is 6. The van der Waals surface area contributed by atoms with Crippen LogP contribution in [-0.2, 0) is 4.79 Å². The molecular weight excluding hydrogens is 474 g/mol. The molecule has 8 nitrogen and oxygen atoms in total. The Bertz CT molecular complexity index is 1220. The highest BCUT2D eigenvalue weighted by molar-refractivity contribution is 5.92. The second-order valence-electron chi connectivity index (χ2n) is 11.1. The zero-order chi connectivity index (χ0) is 26.5. The van der Waals surface area contributed by atoms with Crippen molar-refractivity contribution in [1.29, 1.82) is 0 Å². The van der Waals surface area contributed by atoms with E-state index < -0.39 is 0 Å². The Morgan fingerprint density at radius 3 is 2.63 bits per heavy atom. The SMILES string of the molecule is Cc1ccc2cccnc2c1N1CCCN(C(CC(=O)NCCN2CCCC2)c2ccn(C(C)C)n2)CC1. The van der Waals surface area contributed by atoms with Gasteiger partial charge in [0.05, 0.1) is 22.9 Å². The van der Waals surface area contributed by atoms with Crippen LogP contribution >= 0.6 is 0 Å². The first-order valence-electron chi connectivity index (χ1n) is 14.4. The molecule has 2 aromatic heterocycles. The number of hydrogen-bond donors (Lipinski definition) is 1. The van der Waals surface area contributed by atoms with Crippen molar-refractivity contribution in [1.82, 2.24) is 29.9 Å². The van der Waals surface area contributed by atoms with Crippen LogP contribution < -0.4 is 10.2 Å². The fourth-order valence-electron chi connectivity index (χ4n) is 5.95.